The number of aryl methyl sites for hydroxylation is 2. The van der Waals surface area contributed by atoms with Gasteiger partial charge in [0.1, 0.15) is 17.4 Å². The predicted molar refractivity (Wildman–Crippen MR) is 124 cm³/mol. The molecule has 1 heterocycles. The molecule has 0 radical (unpaired) electrons. The highest BCUT2D eigenvalue weighted by atomic mass is 79.9. The summed E-state index contributed by atoms with van der Waals surface area (Å²) in [7, 11) is 0. The van der Waals surface area contributed by atoms with Crippen LogP contribution in [0.5, 0.6) is 5.75 Å². The summed E-state index contributed by atoms with van der Waals surface area (Å²) in [5.74, 6) is 0.391. The lowest BCUT2D eigenvalue weighted by molar-refractivity contribution is 0.0952. The van der Waals surface area contributed by atoms with Crippen molar-refractivity contribution in [1.29, 1.82) is 0 Å². The van der Waals surface area contributed by atoms with Crippen LogP contribution >= 0.6 is 39.1 Å². The molecule has 0 saturated heterocycles. The second-order valence-corrected chi connectivity index (χ2v) is 8.44. The maximum absolute atomic E-state index is 12.5. The molecule has 0 saturated carbocycles. The first-order chi connectivity index (χ1) is 14.4. The molecule has 0 aliphatic carbocycles. The molecular weight excluding hydrogens is 489 g/mol. The van der Waals surface area contributed by atoms with Crippen LogP contribution in [-0.2, 0) is 13.2 Å². The van der Waals surface area contributed by atoms with Gasteiger partial charge in [-0.25, -0.2) is 0 Å². The van der Waals surface area contributed by atoms with Crippen molar-refractivity contribution < 1.29 is 9.53 Å². The fourth-order valence-electron chi connectivity index (χ4n) is 2.98. The Morgan fingerprint density at radius 1 is 1.20 bits per heavy atom. The van der Waals surface area contributed by atoms with Crippen LogP contribution in [0, 0.1) is 13.8 Å². The second-order valence-electron chi connectivity index (χ2n) is 6.86. The summed E-state index contributed by atoms with van der Waals surface area (Å²) in [6, 6.07) is 12.6. The van der Waals surface area contributed by atoms with Gasteiger partial charge in [-0.1, -0.05) is 41.4 Å². The molecule has 3 rings (SSSR count). The van der Waals surface area contributed by atoms with Crippen molar-refractivity contribution in [3.05, 3.63) is 79.5 Å². The smallest absolute Gasteiger partial charge is 0.251 e. The first-order valence-electron chi connectivity index (χ1n) is 9.50. The zero-order valence-corrected chi connectivity index (χ0v) is 19.8. The van der Waals surface area contributed by atoms with E-state index in [-0.39, 0.29) is 12.5 Å². The molecule has 1 aromatic heterocycles. The van der Waals surface area contributed by atoms with E-state index >= 15 is 0 Å². The van der Waals surface area contributed by atoms with Crippen molar-refractivity contribution in [2.24, 2.45) is 0 Å². The Labute approximate surface area is 194 Å². The highest BCUT2D eigenvalue weighted by molar-refractivity contribution is 9.10. The number of carbonyl (C=O) groups is 1. The van der Waals surface area contributed by atoms with E-state index in [2.05, 4.69) is 26.3 Å². The molecule has 8 heteroatoms. The number of hydrogen-bond acceptors (Lipinski definition) is 3. The Kier molecular flexibility index (Phi) is 7.81. The van der Waals surface area contributed by atoms with E-state index in [1.165, 1.54) is 0 Å². The molecule has 158 valence electrons. The molecule has 0 unspecified atom stereocenters. The minimum Gasteiger partial charge on any atom is -0.487 e. The molecule has 0 spiro atoms. The zero-order chi connectivity index (χ0) is 21.7. The van der Waals surface area contributed by atoms with E-state index < -0.39 is 0 Å². The van der Waals surface area contributed by atoms with Crippen molar-refractivity contribution in [2.45, 2.75) is 33.4 Å². The largest absolute Gasteiger partial charge is 0.487 e. The van der Waals surface area contributed by atoms with Crippen LogP contribution in [0.4, 0.5) is 0 Å². The summed E-state index contributed by atoms with van der Waals surface area (Å²) >= 11 is 15.7. The fourth-order valence-corrected chi connectivity index (χ4v) is 3.61. The quantitative estimate of drug-likeness (QED) is 0.380. The Bertz CT molecular complexity index is 1050. The monoisotopic (exact) mass is 509 g/mol. The van der Waals surface area contributed by atoms with Gasteiger partial charge in [0.05, 0.1) is 15.2 Å². The molecule has 0 aliphatic rings. The third kappa shape index (κ3) is 5.56. The van der Waals surface area contributed by atoms with Gasteiger partial charge in [0, 0.05) is 24.3 Å². The normalized spacial score (nSPS) is 10.8. The maximum Gasteiger partial charge on any atom is 0.251 e. The Balaban J connectivity index is 1.51. The third-order valence-corrected chi connectivity index (χ3v) is 6.57. The molecule has 2 aromatic carbocycles. The summed E-state index contributed by atoms with van der Waals surface area (Å²) in [6.45, 7) is 5.58. The number of rotatable bonds is 8. The average molecular weight is 511 g/mol. The molecule has 0 aliphatic heterocycles. The number of amides is 1. The van der Waals surface area contributed by atoms with Crippen LogP contribution in [0.2, 0.25) is 10.0 Å². The van der Waals surface area contributed by atoms with Crippen LogP contribution in [0.1, 0.15) is 33.7 Å². The van der Waals surface area contributed by atoms with E-state index in [0.717, 1.165) is 34.4 Å². The van der Waals surface area contributed by atoms with E-state index in [9.17, 15) is 4.79 Å². The number of nitrogens with one attached hydrogen (secondary N) is 1. The molecule has 0 atom stereocenters. The highest BCUT2D eigenvalue weighted by Gasteiger charge is 2.10. The summed E-state index contributed by atoms with van der Waals surface area (Å²) in [6.07, 6.45) is 0.788. The number of ether oxygens (including phenoxy) is 1. The lowest BCUT2D eigenvalue weighted by Crippen LogP contribution is -2.25. The first-order valence-corrected chi connectivity index (χ1v) is 11.0. The van der Waals surface area contributed by atoms with Gasteiger partial charge in [-0.2, -0.15) is 5.10 Å². The van der Waals surface area contributed by atoms with E-state index in [1.807, 2.05) is 36.7 Å². The number of nitrogens with zero attached hydrogens (tertiary/aromatic N) is 2. The van der Waals surface area contributed by atoms with Gasteiger partial charge < -0.3 is 10.1 Å². The van der Waals surface area contributed by atoms with Crippen molar-refractivity contribution >= 4 is 45.0 Å². The van der Waals surface area contributed by atoms with Gasteiger partial charge >= 0.3 is 0 Å². The van der Waals surface area contributed by atoms with Gasteiger partial charge in [-0.05, 0) is 66.0 Å². The lowest BCUT2D eigenvalue weighted by Gasteiger charge is -2.10. The molecule has 0 fully saturated rings. The Morgan fingerprint density at radius 2 is 1.97 bits per heavy atom. The summed E-state index contributed by atoms with van der Waals surface area (Å²) in [4.78, 5) is 12.5. The highest BCUT2D eigenvalue weighted by Crippen LogP contribution is 2.32. The van der Waals surface area contributed by atoms with Crippen LogP contribution in [0.25, 0.3) is 0 Å². The topological polar surface area (TPSA) is 56.2 Å². The van der Waals surface area contributed by atoms with Crippen LogP contribution in [0.3, 0.4) is 0 Å². The number of hydrogen-bond donors (Lipinski definition) is 1. The molecule has 1 N–H and O–H groups in total. The number of benzene rings is 2. The van der Waals surface area contributed by atoms with E-state index in [1.54, 1.807) is 24.3 Å². The molecule has 1 amide bonds. The zero-order valence-electron chi connectivity index (χ0n) is 16.7. The minimum absolute atomic E-state index is 0.118. The third-order valence-electron chi connectivity index (χ3n) is 4.63. The molecule has 3 aromatic rings. The second kappa shape index (κ2) is 10.3. The van der Waals surface area contributed by atoms with Crippen LogP contribution in [-0.4, -0.2) is 22.2 Å². The van der Waals surface area contributed by atoms with Crippen molar-refractivity contribution in [1.82, 2.24) is 15.1 Å². The van der Waals surface area contributed by atoms with E-state index in [0.29, 0.717) is 27.9 Å². The summed E-state index contributed by atoms with van der Waals surface area (Å²) in [5, 5.41) is 8.25. The van der Waals surface area contributed by atoms with Crippen molar-refractivity contribution in [3.63, 3.8) is 0 Å². The SMILES string of the molecule is Cc1nn(CCCNC(=O)c2cccc(COc3cccc(Cl)c3Cl)c2)c(C)c1Br. The minimum atomic E-state index is -0.118. The van der Waals surface area contributed by atoms with Crippen molar-refractivity contribution in [2.75, 3.05) is 6.54 Å². The maximum atomic E-state index is 12.5. The number of aromatic nitrogens is 2. The molecule has 5 nitrogen and oxygen atoms in total. The average Bonchev–Trinajstić information content (AvgIpc) is 2.99. The number of halogens is 3. The predicted octanol–water partition coefficient (Wildman–Crippen LogP) is 5.97. The number of carbonyl (C=O) groups excluding carboxylic acids is 1. The molecule has 30 heavy (non-hydrogen) atoms. The van der Waals surface area contributed by atoms with Crippen LogP contribution in [0.15, 0.2) is 46.9 Å². The first kappa shape index (κ1) is 22.7. The van der Waals surface area contributed by atoms with Gasteiger partial charge in [0.15, 0.2) is 0 Å². The summed E-state index contributed by atoms with van der Waals surface area (Å²) < 4.78 is 8.73. The Morgan fingerprint density at radius 3 is 2.70 bits per heavy atom. The Hall–Kier alpha value is -2.02. The van der Waals surface area contributed by atoms with Crippen molar-refractivity contribution in [3.8, 4) is 5.75 Å². The van der Waals surface area contributed by atoms with Crippen LogP contribution < -0.4 is 10.1 Å². The molecular formula is C22H22BrCl2N3O2. The van der Waals surface area contributed by atoms with Gasteiger partial charge in [0.25, 0.3) is 5.91 Å². The van der Waals surface area contributed by atoms with Gasteiger partial charge in [-0.15, -0.1) is 0 Å². The van der Waals surface area contributed by atoms with Gasteiger partial charge in [-0.3, -0.25) is 9.48 Å². The van der Waals surface area contributed by atoms with E-state index in [4.69, 9.17) is 27.9 Å². The summed E-state index contributed by atoms with van der Waals surface area (Å²) in [5.41, 5.74) is 3.51. The van der Waals surface area contributed by atoms with Gasteiger partial charge in [0.2, 0.25) is 0 Å². The lowest BCUT2D eigenvalue weighted by atomic mass is 10.1. The molecule has 0 bridgehead atoms. The standard InChI is InChI=1S/C22H22BrCl2N3O2/c1-14-20(23)15(2)28(27-14)11-5-10-26-22(29)17-7-3-6-16(12-17)13-30-19-9-4-8-18(24)21(19)25/h3-4,6-9,12H,5,10-11,13H2,1-2H3,(H,26,29). The fraction of sp³-hybridized carbons (Fsp3) is 0.273.